The molecule has 15 heavy (non-hydrogen) atoms. The highest BCUT2D eigenvalue weighted by Gasteiger charge is 2.31. The van der Waals surface area contributed by atoms with Gasteiger partial charge in [0.15, 0.2) is 0 Å². The largest absolute Gasteiger partial charge is 0.388 e. The van der Waals surface area contributed by atoms with Crippen LogP contribution in [0.2, 0.25) is 0 Å². The first-order valence-corrected chi connectivity index (χ1v) is 5.52. The molecule has 1 aliphatic rings. The fraction of sp³-hybridized carbons (Fsp3) is 0.800. The lowest BCUT2D eigenvalue weighted by Crippen LogP contribution is -2.43. The van der Waals surface area contributed by atoms with Crippen molar-refractivity contribution in [3.8, 4) is 0 Å². The Morgan fingerprint density at radius 2 is 2.27 bits per heavy atom. The van der Waals surface area contributed by atoms with E-state index in [-0.39, 0.29) is 11.9 Å². The molecule has 0 spiro atoms. The Bertz CT molecular complexity index is 238. The standard InChI is InChI=1S/C10H20N4O/c1-2-6-13-10(15)14(8-3-4-8)7-5-9(11)12/h8H,2-7H2,1H3,(H3,11,12)(H,13,15). The van der Waals surface area contributed by atoms with Gasteiger partial charge in [0.2, 0.25) is 0 Å². The summed E-state index contributed by atoms with van der Waals surface area (Å²) in [5, 5.41) is 10.0. The van der Waals surface area contributed by atoms with Crippen LogP contribution in [0.1, 0.15) is 32.6 Å². The van der Waals surface area contributed by atoms with E-state index in [0.717, 1.165) is 19.3 Å². The summed E-state index contributed by atoms with van der Waals surface area (Å²) in [7, 11) is 0. The number of hydrogen-bond donors (Lipinski definition) is 3. The van der Waals surface area contributed by atoms with Crippen LogP contribution in [0.4, 0.5) is 4.79 Å². The molecule has 1 rings (SSSR count). The van der Waals surface area contributed by atoms with E-state index in [1.807, 2.05) is 6.92 Å². The molecule has 0 aliphatic heterocycles. The molecular weight excluding hydrogens is 192 g/mol. The molecule has 0 saturated heterocycles. The summed E-state index contributed by atoms with van der Waals surface area (Å²) in [6.07, 6.45) is 3.57. The van der Waals surface area contributed by atoms with E-state index in [2.05, 4.69) is 5.32 Å². The summed E-state index contributed by atoms with van der Waals surface area (Å²) < 4.78 is 0. The smallest absolute Gasteiger partial charge is 0.317 e. The Labute approximate surface area is 90.5 Å². The quantitative estimate of drug-likeness (QED) is 0.451. The molecule has 2 amide bonds. The third-order valence-electron chi connectivity index (χ3n) is 2.40. The maximum absolute atomic E-state index is 11.7. The second-order valence-electron chi connectivity index (χ2n) is 3.93. The Morgan fingerprint density at radius 3 is 2.73 bits per heavy atom. The zero-order valence-corrected chi connectivity index (χ0v) is 9.25. The molecule has 5 heteroatoms. The number of rotatable bonds is 6. The predicted molar refractivity (Wildman–Crippen MR) is 59.9 cm³/mol. The highest BCUT2D eigenvalue weighted by molar-refractivity contribution is 5.79. The van der Waals surface area contributed by atoms with Crippen molar-refractivity contribution >= 4 is 11.9 Å². The molecule has 0 aromatic rings. The van der Waals surface area contributed by atoms with Crippen molar-refractivity contribution in [2.45, 2.75) is 38.6 Å². The number of carbonyl (C=O) groups is 1. The zero-order chi connectivity index (χ0) is 11.3. The molecule has 0 unspecified atom stereocenters. The van der Waals surface area contributed by atoms with Crippen molar-refractivity contribution in [3.05, 3.63) is 0 Å². The fourth-order valence-corrected chi connectivity index (χ4v) is 1.41. The van der Waals surface area contributed by atoms with Crippen LogP contribution < -0.4 is 11.1 Å². The Balaban J connectivity index is 2.35. The third kappa shape index (κ3) is 4.18. The third-order valence-corrected chi connectivity index (χ3v) is 2.40. The average Bonchev–Trinajstić information content (AvgIpc) is 2.98. The highest BCUT2D eigenvalue weighted by Crippen LogP contribution is 2.26. The van der Waals surface area contributed by atoms with Crippen LogP contribution in [0.15, 0.2) is 0 Å². The fourth-order valence-electron chi connectivity index (χ4n) is 1.41. The van der Waals surface area contributed by atoms with Crippen LogP contribution in [0, 0.1) is 5.41 Å². The topological polar surface area (TPSA) is 82.2 Å². The summed E-state index contributed by atoms with van der Waals surface area (Å²) in [5.74, 6) is 0.143. The molecule has 1 saturated carbocycles. The van der Waals surface area contributed by atoms with Gasteiger partial charge in [-0.2, -0.15) is 0 Å². The summed E-state index contributed by atoms with van der Waals surface area (Å²) in [4.78, 5) is 13.5. The van der Waals surface area contributed by atoms with E-state index in [1.54, 1.807) is 4.90 Å². The molecule has 0 atom stereocenters. The number of nitrogens with one attached hydrogen (secondary N) is 2. The number of nitrogens with zero attached hydrogens (tertiary/aromatic N) is 1. The number of urea groups is 1. The second-order valence-corrected chi connectivity index (χ2v) is 3.93. The van der Waals surface area contributed by atoms with Gasteiger partial charge in [0.1, 0.15) is 0 Å². The van der Waals surface area contributed by atoms with Crippen molar-refractivity contribution in [2.75, 3.05) is 13.1 Å². The van der Waals surface area contributed by atoms with Crippen LogP contribution in [0.5, 0.6) is 0 Å². The van der Waals surface area contributed by atoms with Gasteiger partial charge in [0.25, 0.3) is 0 Å². The van der Waals surface area contributed by atoms with Gasteiger partial charge in [-0.1, -0.05) is 6.92 Å². The number of hydrogen-bond acceptors (Lipinski definition) is 2. The number of nitrogens with two attached hydrogens (primary N) is 1. The lowest BCUT2D eigenvalue weighted by atomic mass is 10.3. The molecule has 0 bridgehead atoms. The van der Waals surface area contributed by atoms with E-state index >= 15 is 0 Å². The van der Waals surface area contributed by atoms with Crippen LogP contribution in [-0.2, 0) is 0 Å². The van der Waals surface area contributed by atoms with Crippen LogP contribution in [0.25, 0.3) is 0 Å². The Morgan fingerprint density at radius 1 is 1.60 bits per heavy atom. The van der Waals surface area contributed by atoms with E-state index in [1.165, 1.54) is 0 Å². The molecule has 86 valence electrons. The zero-order valence-electron chi connectivity index (χ0n) is 9.25. The van der Waals surface area contributed by atoms with Gasteiger partial charge in [-0.25, -0.2) is 4.79 Å². The summed E-state index contributed by atoms with van der Waals surface area (Å²) >= 11 is 0. The number of amides is 2. The average molecular weight is 212 g/mol. The van der Waals surface area contributed by atoms with E-state index in [4.69, 9.17) is 11.1 Å². The summed E-state index contributed by atoms with van der Waals surface area (Å²) in [6, 6.07) is 0.363. The van der Waals surface area contributed by atoms with Gasteiger partial charge in [0.05, 0.1) is 5.84 Å². The highest BCUT2D eigenvalue weighted by atomic mass is 16.2. The minimum atomic E-state index is -0.0133. The molecule has 1 aliphatic carbocycles. The van der Waals surface area contributed by atoms with Crippen LogP contribution in [0.3, 0.4) is 0 Å². The Hall–Kier alpha value is -1.26. The van der Waals surface area contributed by atoms with Gasteiger partial charge in [0, 0.05) is 25.6 Å². The first-order chi connectivity index (χ1) is 7.15. The van der Waals surface area contributed by atoms with Crippen molar-refractivity contribution in [2.24, 2.45) is 5.73 Å². The van der Waals surface area contributed by atoms with Gasteiger partial charge < -0.3 is 16.0 Å². The van der Waals surface area contributed by atoms with Crippen LogP contribution in [-0.4, -0.2) is 35.9 Å². The van der Waals surface area contributed by atoms with Crippen molar-refractivity contribution in [1.29, 1.82) is 5.41 Å². The van der Waals surface area contributed by atoms with Gasteiger partial charge in [-0.05, 0) is 19.3 Å². The molecule has 5 nitrogen and oxygen atoms in total. The summed E-state index contributed by atoms with van der Waals surface area (Å²) in [6.45, 7) is 3.30. The molecule has 4 N–H and O–H groups in total. The molecular formula is C10H20N4O. The minimum absolute atomic E-state index is 0.0133. The lowest BCUT2D eigenvalue weighted by Gasteiger charge is -2.22. The van der Waals surface area contributed by atoms with E-state index in [9.17, 15) is 4.79 Å². The maximum Gasteiger partial charge on any atom is 0.317 e. The molecule has 1 fully saturated rings. The van der Waals surface area contributed by atoms with Gasteiger partial charge >= 0.3 is 6.03 Å². The molecule has 0 radical (unpaired) electrons. The van der Waals surface area contributed by atoms with E-state index < -0.39 is 0 Å². The monoisotopic (exact) mass is 212 g/mol. The van der Waals surface area contributed by atoms with Crippen molar-refractivity contribution in [3.63, 3.8) is 0 Å². The normalized spacial score (nSPS) is 14.7. The van der Waals surface area contributed by atoms with Crippen LogP contribution >= 0.6 is 0 Å². The minimum Gasteiger partial charge on any atom is -0.388 e. The van der Waals surface area contributed by atoms with Crippen molar-refractivity contribution < 1.29 is 4.79 Å². The van der Waals surface area contributed by atoms with E-state index in [0.29, 0.717) is 25.6 Å². The van der Waals surface area contributed by atoms with Gasteiger partial charge in [-0.3, -0.25) is 5.41 Å². The lowest BCUT2D eigenvalue weighted by molar-refractivity contribution is 0.196. The number of carbonyl (C=O) groups excluding carboxylic acids is 1. The first-order valence-electron chi connectivity index (χ1n) is 5.52. The Kier molecular flexibility index (Phi) is 4.39. The summed E-state index contributed by atoms with van der Waals surface area (Å²) in [5.41, 5.74) is 5.29. The maximum atomic E-state index is 11.7. The molecule has 0 heterocycles. The first kappa shape index (κ1) is 11.8. The molecule has 0 aromatic heterocycles. The SMILES string of the molecule is CCCNC(=O)N(CCC(=N)N)C1CC1. The number of amidine groups is 1. The van der Waals surface area contributed by atoms with Gasteiger partial charge in [-0.15, -0.1) is 0 Å². The molecule has 0 aromatic carbocycles. The predicted octanol–water partition coefficient (Wildman–Crippen LogP) is 0.896. The van der Waals surface area contributed by atoms with Crippen molar-refractivity contribution in [1.82, 2.24) is 10.2 Å². The second kappa shape index (κ2) is 5.58.